The Morgan fingerprint density at radius 1 is 1.09 bits per heavy atom. The number of carbonyl (C=O) groups excluding carboxylic acids is 2. The third kappa shape index (κ3) is 6.75. The Kier molecular flexibility index (Phi) is 8.46. The summed E-state index contributed by atoms with van der Waals surface area (Å²) in [6.07, 6.45) is 6.30. The van der Waals surface area contributed by atoms with Crippen LogP contribution in [0.2, 0.25) is 0 Å². The number of carbonyl (C=O) groups is 2. The van der Waals surface area contributed by atoms with Crippen molar-refractivity contribution in [3.8, 4) is 11.5 Å². The number of para-hydroxylation sites is 1. The highest BCUT2D eigenvalue weighted by Crippen LogP contribution is 2.33. The maximum absolute atomic E-state index is 12.9. The molecular formula is C25H23N3O3S3. The topological polar surface area (TPSA) is 71.5 Å². The average molecular weight is 510 g/mol. The van der Waals surface area contributed by atoms with Gasteiger partial charge in [-0.05, 0) is 48.7 Å². The molecule has 6 nitrogen and oxygen atoms in total. The highest BCUT2D eigenvalue weighted by Gasteiger charge is 2.31. The van der Waals surface area contributed by atoms with Crippen LogP contribution < -0.4 is 10.1 Å². The van der Waals surface area contributed by atoms with Gasteiger partial charge in [0, 0.05) is 24.5 Å². The molecule has 0 unspecified atom stereocenters. The molecule has 1 N–H and O–H groups in total. The number of thioether (sulfide) groups is 1. The minimum absolute atomic E-state index is 0.0398. The second-order valence-corrected chi connectivity index (χ2v) is 10.1. The summed E-state index contributed by atoms with van der Waals surface area (Å²) in [4.78, 5) is 31.1. The normalized spacial score (nSPS) is 14.6. The first-order valence-corrected chi connectivity index (χ1v) is 13.0. The van der Waals surface area contributed by atoms with Crippen LogP contribution in [0, 0.1) is 0 Å². The number of unbranched alkanes of at least 4 members (excludes halogenated alkanes) is 2. The van der Waals surface area contributed by atoms with E-state index in [2.05, 4.69) is 10.3 Å². The molecule has 1 aliphatic rings. The lowest BCUT2D eigenvalue weighted by molar-refractivity contribution is -0.122. The van der Waals surface area contributed by atoms with Crippen molar-refractivity contribution in [3.63, 3.8) is 0 Å². The van der Waals surface area contributed by atoms with Crippen LogP contribution in [0.15, 0.2) is 71.1 Å². The Morgan fingerprint density at radius 2 is 1.91 bits per heavy atom. The highest BCUT2D eigenvalue weighted by atomic mass is 32.2. The summed E-state index contributed by atoms with van der Waals surface area (Å²) < 4.78 is 6.45. The summed E-state index contributed by atoms with van der Waals surface area (Å²) in [7, 11) is 0. The van der Waals surface area contributed by atoms with Gasteiger partial charge in [-0.25, -0.2) is 4.98 Å². The lowest BCUT2D eigenvalue weighted by Crippen LogP contribution is -2.29. The molecule has 0 spiro atoms. The zero-order valence-corrected chi connectivity index (χ0v) is 20.8. The fourth-order valence-electron chi connectivity index (χ4n) is 3.34. The van der Waals surface area contributed by atoms with Crippen molar-refractivity contribution >= 4 is 62.7 Å². The summed E-state index contributed by atoms with van der Waals surface area (Å²) in [6.45, 7) is 0.549. The molecular weight excluding hydrogens is 486 g/mol. The molecule has 174 valence electrons. The number of aromatic nitrogens is 1. The Balaban J connectivity index is 1.26. The molecule has 1 fully saturated rings. The second-order valence-electron chi connectivity index (χ2n) is 7.52. The standard InChI is InChI=1S/C25H23N3O3S3/c29-22(27-24-26-13-15-33-24)12-5-2-6-14-28-23(30)21(34-25(28)32)17-18-8-7-11-20(16-18)31-19-9-3-1-4-10-19/h1,3-4,7-11,13,15-17H,2,5-6,12,14H2,(H,26,27,29)/b21-17-. The Morgan fingerprint density at radius 3 is 2.71 bits per heavy atom. The molecule has 0 radical (unpaired) electrons. The number of thiocarbonyl (C=S) groups is 1. The van der Waals surface area contributed by atoms with E-state index in [9.17, 15) is 9.59 Å². The number of benzene rings is 2. The van der Waals surface area contributed by atoms with Crippen LogP contribution in [-0.2, 0) is 9.59 Å². The van der Waals surface area contributed by atoms with Crippen LogP contribution in [0.1, 0.15) is 31.2 Å². The molecule has 2 amide bonds. The van der Waals surface area contributed by atoms with Crippen molar-refractivity contribution in [2.45, 2.75) is 25.7 Å². The average Bonchev–Trinajstić information content (AvgIpc) is 3.43. The Bertz CT molecular complexity index is 1180. The number of hydrogen-bond acceptors (Lipinski definition) is 7. The Hall–Kier alpha value is -3.01. The molecule has 1 aromatic heterocycles. The first-order valence-electron chi connectivity index (χ1n) is 10.9. The maximum atomic E-state index is 12.9. The van der Waals surface area contributed by atoms with Crippen LogP contribution in [0.25, 0.3) is 6.08 Å². The summed E-state index contributed by atoms with van der Waals surface area (Å²) in [6, 6.07) is 17.2. The number of anilines is 1. The van der Waals surface area contributed by atoms with Crippen molar-refractivity contribution in [1.82, 2.24) is 9.88 Å². The molecule has 1 aliphatic heterocycles. The monoisotopic (exact) mass is 509 g/mol. The lowest BCUT2D eigenvalue weighted by atomic mass is 10.1. The molecule has 2 heterocycles. The number of ether oxygens (including phenoxy) is 1. The van der Waals surface area contributed by atoms with Gasteiger partial charge in [-0.3, -0.25) is 14.5 Å². The van der Waals surface area contributed by atoms with Gasteiger partial charge >= 0.3 is 0 Å². The second kappa shape index (κ2) is 11.9. The first kappa shape index (κ1) is 24.1. The molecule has 0 atom stereocenters. The van der Waals surface area contributed by atoms with Gasteiger partial charge in [0.2, 0.25) is 5.91 Å². The Labute approximate surface area is 212 Å². The van der Waals surface area contributed by atoms with Crippen LogP contribution in [0.3, 0.4) is 0 Å². The number of amides is 2. The van der Waals surface area contributed by atoms with Crippen molar-refractivity contribution in [2.24, 2.45) is 0 Å². The number of rotatable bonds is 10. The summed E-state index contributed by atoms with van der Waals surface area (Å²) in [5.74, 6) is 1.34. The van der Waals surface area contributed by atoms with Gasteiger partial charge in [0.25, 0.3) is 5.91 Å². The van der Waals surface area contributed by atoms with E-state index in [4.69, 9.17) is 17.0 Å². The minimum atomic E-state index is -0.0779. The summed E-state index contributed by atoms with van der Waals surface area (Å²) in [5, 5.41) is 5.22. The van der Waals surface area contributed by atoms with Crippen LogP contribution in [0.5, 0.6) is 11.5 Å². The molecule has 1 saturated heterocycles. The van der Waals surface area contributed by atoms with E-state index in [1.54, 1.807) is 11.1 Å². The van der Waals surface area contributed by atoms with E-state index in [0.29, 0.717) is 33.1 Å². The van der Waals surface area contributed by atoms with Crippen LogP contribution in [0.4, 0.5) is 5.13 Å². The number of nitrogens with one attached hydrogen (secondary N) is 1. The third-order valence-electron chi connectivity index (χ3n) is 4.97. The van der Waals surface area contributed by atoms with E-state index in [1.165, 1.54) is 23.1 Å². The van der Waals surface area contributed by atoms with Gasteiger partial charge < -0.3 is 10.1 Å². The van der Waals surface area contributed by atoms with Gasteiger partial charge in [0.1, 0.15) is 15.8 Å². The molecule has 9 heteroatoms. The van der Waals surface area contributed by atoms with Gasteiger partial charge in [0.05, 0.1) is 4.91 Å². The van der Waals surface area contributed by atoms with E-state index >= 15 is 0 Å². The fourth-order valence-corrected chi connectivity index (χ4v) is 5.19. The van der Waals surface area contributed by atoms with E-state index < -0.39 is 0 Å². The number of thiazole rings is 1. The summed E-state index contributed by atoms with van der Waals surface area (Å²) in [5.41, 5.74) is 0.875. The van der Waals surface area contributed by atoms with Gasteiger partial charge in [-0.15, -0.1) is 11.3 Å². The quantitative estimate of drug-likeness (QED) is 0.195. The molecule has 4 rings (SSSR count). The predicted molar refractivity (Wildman–Crippen MR) is 142 cm³/mol. The van der Waals surface area contributed by atoms with Crippen LogP contribution in [-0.4, -0.2) is 32.6 Å². The van der Waals surface area contributed by atoms with Crippen molar-refractivity contribution in [3.05, 3.63) is 76.6 Å². The zero-order valence-electron chi connectivity index (χ0n) is 18.3. The minimum Gasteiger partial charge on any atom is -0.457 e. The maximum Gasteiger partial charge on any atom is 0.266 e. The molecule has 0 bridgehead atoms. The van der Waals surface area contributed by atoms with E-state index in [-0.39, 0.29) is 11.8 Å². The smallest absolute Gasteiger partial charge is 0.266 e. The fraction of sp³-hybridized carbons (Fsp3) is 0.200. The van der Waals surface area contributed by atoms with E-state index in [1.807, 2.05) is 66.1 Å². The third-order valence-corrected chi connectivity index (χ3v) is 7.04. The largest absolute Gasteiger partial charge is 0.457 e. The zero-order chi connectivity index (χ0) is 23.8. The SMILES string of the molecule is O=C(CCCCCN1C(=O)/C(=C/c2cccc(Oc3ccccc3)c2)SC1=S)Nc1nccs1. The molecule has 0 aliphatic carbocycles. The van der Waals surface area contributed by atoms with Crippen molar-refractivity contribution in [1.29, 1.82) is 0 Å². The highest BCUT2D eigenvalue weighted by molar-refractivity contribution is 8.26. The molecule has 34 heavy (non-hydrogen) atoms. The van der Waals surface area contributed by atoms with Gasteiger partial charge in [0.15, 0.2) is 5.13 Å². The summed E-state index contributed by atoms with van der Waals surface area (Å²) >= 11 is 8.15. The number of hydrogen-bond donors (Lipinski definition) is 1. The molecule has 2 aromatic carbocycles. The molecule has 0 saturated carbocycles. The number of nitrogens with zero attached hydrogens (tertiary/aromatic N) is 2. The van der Waals surface area contributed by atoms with Crippen LogP contribution >= 0.6 is 35.3 Å². The van der Waals surface area contributed by atoms with Gasteiger partial charge in [-0.2, -0.15) is 0 Å². The lowest BCUT2D eigenvalue weighted by Gasteiger charge is -2.14. The van der Waals surface area contributed by atoms with Crippen molar-refractivity contribution in [2.75, 3.05) is 11.9 Å². The molecule has 3 aromatic rings. The van der Waals surface area contributed by atoms with Crippen molar-refractivity contribution < 1.29 is 14.3 Å². The van der Waals surface area contributed by atoms with Gasteiger partial charge in [-0.1, -0.05) is 60.7 Å². The predicted octanol–water partition coefficient (Wildman–Crippen LogP) is 6.34. The first-order chi connectivity index (χ1) is 16.6. The van der Waals surface area contributed by atoms with E-state index in [0.717, 1.165) is 30.6 Å².